The Labute approximate surface area is 112 Å². The summed E-state index contributed by atoms with van der Waals surface area (Å²) in [5.74, 6) is 0.139. The largest absolute Gasteiger partial charge is 0.512 e. The van der Waals surface area contributed by atoms with Gasteiger partial charge in [-0.3, -0.25) is 4.98 Å². The molecule has 0 aliphatic carbocycles. The fourth-order valence-electron chi connectivity index (χ4n) is 1.81. The Kier molecular flexibility index (Phi) is 3.19. The Morgan fingerprint density at radius 3 is 2.76 bits per heavy atom. The Hall–Kier alpha value is -1.37. The smallest absolute Gasteiger partial charge is 0.101 e. The second kappa shape index (κ2) is 4.48. The van der Waals surface area contributed by atoms with Gasteiger partial charge in [0.2, 0.25) is 0 Å². The van der Waals surface area contributed by atoms with Gasteiger partial charge in [0.05, 0.1) is 14.8 Å². The van der Waals surface area contributed by atoms with Crippen LogP contribution >= 0.6 is 22.6 Å². The Morgan fingerprint density at radius 1 is 1.47 bits per heavy atom. The van der Waals surface area contributed by atoms with Crippen LogP contribution in [0, 0.1) is 8.98 Å². The Bertz CT molecular complexity index is 624. The van der Waals surface area contributed by atoms with E-state index in [-0.39, 0.29) is 5.76 Å². The van der Waals surface area contributed by atoms with E-state index in [4.69, 9.17) is 5.41 Å². The van der Waals surface area contributed by atoms with Crippen molar-refractivity contribution in [1.29, 1.82) is 5.41 Å². The molecular formula is C12H12IN3O. The number of H-pyrrole nitrogens is 1. The van der Waals surface area contributed by atoms with Crippen LogP contribution in [-0.4, -0.2) is 20.8 Å². The zero-order chi connectivity index (χ0) is 12.6. The highest BCUT2D eigenvalue weighted by atomic mass is 127. The first-order valence-corrected chi connectivity index (χ1v) is 6.17. The van der Waals surface area contributed by atoms with E-state index >= 15 is 0 Å². The van der Waals surface area contributed by atoms with Crippen molar-refractivity contribution < 1.29 is 5.11 Å². The molecule has 0 aromatic carbocycles. The lowest BCUT2D eigenvalue weighted by Gasteiger charge is -2.07. The number of hydrogen-bond donors (Lipinski definition) is 3. The van der Waals surface area contributed by atoms with E-state index in [1.165, 1.54) is 0 Å². The average Bonchev–Trinajstić information content (AvgIpc) is 2.59. The first kappa shape index (κ1) is 12.1. The van der Waals surface area contributed by atoms with Gasteiger partial charge in [-0.2, -0.15) is 0 Å². The molecule has 0 fully saturated rings. The lowest BCUT2D eigenvalue weighted by Crippen LogP contribution is -1.99. The highest BCUT2D eigenvalue weighted by Crippen LogP contribution is 2.24. The fraction of sp³-hybridized carbons (Fsp3) is 0.167. The van der Waals surface area contributed by atoms with Crippen molar-refractivity contribution in [2.45, 2.75) is 13.8 Å². The molecule has 2 aromatic rings. The van der Waals surface area contributed by atoms with Crippen LogP contribution < -0.4 is 0 Å². The summed E-state index contributed by atoms with van der Waals surface area (Å²) in [6.45, 7) is 3.23. The molecule has 0 spiro atoms. The summed E-state index contributed by atoms with van der Waals surface area (Å²) >= 11 is 2.21. The first-order chi connectivity index (χ1) is 8.00. The number of aromatic amines is 1. The van der Waals surface area contributed by atoms with Crippen molar-refractivity contribution >= 4 is 44.9 Å². The Morgan fingerprint density at radius 2 is 2.18 bits per heavy atom. The highest BCUT2D eigenvalue weighted by molar-refractivity contribution is 14.1. The SMILES string of the molecule is CC(=N)/C(=C(/C)O)c1cnc2c(I)c[nH]c2c1. The van der Waals surface area contributed by atoms with Crippen molar-refractivity contribution in [3.05, 3.63) is 33.4 Å². The van der Waals surface area contributed by atoms with E-state index in [0.29, 0.717) is 11.3 Å². The fourth-order valence-corrected chi connectivity index (χ4v) is 2.39. The quantitative estimate of drug-likeness (QED) is 0.444. The molecule has 17 heavy (non-hydrogen) atoms. The maximum Gasteiger partial charge on any atom is 0.101 e. The minimum atomic E-state index is 0.139. The van der Waals surface area contributed by atoms with Crippen LogP contribution in [0.15, 0.2) is 24.2 Å². The van der Waals surface area contributed by atoms with E-state index < -0.39 is 0 Å². The number of nitrogens with one attached hydrogen (secondary N) is 2. The summed E-state index contributed by atoms with van der Waals surface area (Å²) < 4.78 is 1.06. The summed E-state index contributed by atoms with van der Waals surface area (Å²) in [6, 6.07) is 1.90. The predicted molar refractivity (Wildman–Crippen MR) is 77.4 cm³/mol. The molecule has 4 nitrogen and oxygen atoms in total. The number of fused-ring (bicyclic) bond motifs is 1. The number of aliphatic hydroxyl groups is 1. The second-order valence-corrected chi connectivity index (χ2v) is 5.00. The summed E-state index contributed by atoms with van der Waals surface area (Å²) in [7, 11) is 0. The van der Waals surface area contributed by atoms with E-state index in [1.54, 1.807) is 20.0 Å². The predicted octanol–water partition coefficient (Wildman–Crippen LogP) is 3.50. The van der Waals surface area contributed by atoms with Crippen molar-refractivity contribution in [2.75, 3.05) is 0 Å². The summed E-state index contributed by atoms with van der Waals surface area (Å²) in [5.41, 5.74) is 3.43. The van der Waals surface area contributed by atoms with Gasteiger partial charge in [0, 0.05) is 29.2 Å². The van der Waals surface area contributed by atoms with E-state index in [2.05, 4.69) is 32.6 Å². The molecule has 3 N–H and O–H groups in total. The number of hydrogen-bond acceptors (Lipinski definition) is 3. The van der Waals surface area contributed by atoms with Crippen LogP contribution in [0.5, 0.6) is 0 Å². The van der Waals surface area contributed by atoms with Crippen LogP contribution in [0.2, 0.25) is 0 Å². The molecule has 0 saturated carbocycles. The molecule has 2 aromatic heterocycles. The molecule has 0 aliphatic rings. The van der Waals surface area contributed by atoms with Crippen molar-refractivity contribution in [1.82, 2.24) is 9.97 Å². The normalized spacial score (nSPS) is 12.6. The maximum atomic E-state index is 9.61. The van der Waals surface area contributed by atoms with Gasteiger partial charge in [-0.25, -0.2) is 0 Å². The van der Waals surface area contributed by atoms with Crippen molar-refractivity contribution in [2.24, 2.45) is 0 Å². The minimum absolute atomic E-state index is 0.139. The highest BCUT2D eigenvalue weighted by Gasteiger charge is 2.11. The lowest BCUT2D eigenvalue weighted by atomic mass is 10.0. The van der Waals surface area contributed by atoms with Gasteiger partial charge in [-0.15, -0.1) is 0 Å². The minimum Gasteiger partial charge on any atom is -0.512 e. The number of aromatic nitrogens is 2. The molecule has 0 atom stereocenters. The van der Waals surface area contributed by atoms with Crippen LogP contribution in [0.3, 0.4) is 0 Å². The molecule has 5 heteroatoms. The molecule has 0 unspecified atom stereocenters. The molecule has 0 radical (unpaired) electrons. The number of pyridine rings is 1. The summed E-state index contributed by atoms with van der Waals surface area (Å²) in [5, 5.41) is 17.3. The molecule has 88 valence electrons. The van der Waals surface area contributed by atoms with Gasteiger partial charge in [0.15, 0.2) is 0 Å². The third kappa shape index (κ3) is 2.19. The topological polar surface area (TPSA) is 72.8 Å². The molecule has 2 rings (SSSR count). The molecular weight excluding hydrogens is 329 g/mol. The second-order valence-electron chi connectivity index (χ2n) is 3.84. The maximum absolute atomic E-state index is 9.61. The van der Waals surface area contributed by atoms with E-state index in [0.717, 1.165) is 20.2 Å². The van der Waals surface area contributed by atoms with Crippen LogP contribution in [0.1, 0.15) is 19.4 Å². The lowest BCUT2D eigenvalue weighted by molar-refractivity contribution is 0.418. The zero-order valence-corrected chi connectivity index (χ0v) is 11.7. The number of nitrogens with zero attached hydrogens (tertiary/aromatic N) is 1. The molecule has 2 heterocycles. The zero-order valence-electron chi connectivity index (χ0n) is 9.50. The van der Waals surface area contributed by atoms with Gasteiger partial charge >= 0.3 is 0 Å². The van der Waals surface area contributed by atoms with E-state index in [9.17, 15) is 5.11 Å². The van der Waals surface area contributed by atoms with Crippen LogP contribution in [0.4, 0.5) is 0 Å². The van der Waals surface area contributed by atoms with Gasteiger partial charge < -0.3 is 15.5 Å². The Balaban J connectivity index is 2.64. The molecule has 0 amide bonds. The number of halogens is 1. The van der Waals surface area contributed by atoms with Crippen molar-refractivity contribution in [3.63, 3.8) is 0 Å². The molecule has 0 saturated heterocycles. The average molecular weight is 341 g/mol. The number of allylic oxidation sites excluding steroid dienone is 2. The van der Waals surface area contributed by atoms with Gasteiger partial charge in [0.25, 0.3) is 0 Å². The standard InChI is InChI=1S/C12H12IN3O/c1-6(14)11(7(2)17)8-3-10-12(16-4-8)9(13)5-15-10/h3-5,14-15,17H,1-2H3/b11-7+,14-6?. The van der Waals surface area contributed by atoms with Gasteiger partial charge in [0.1, 0.15) is 5.52 Å². The summed E-state index contributed by atoms with van der Waals surface area (Å²) in [6.07, 6.45) is 3.57. The molecule has 0 aliphatic heterocycles. The monoisotopic (exact) mass is 341 g/mol. The van der Waals surface area contributed by atoms with Crippen LogP contribution in [-0.2, 0) is 0 Å². The summed E-state index contributed by atoms with van der Waals surface area (Å²) in [4.78, 5) is 7.46. The third-order valence-corrected chi connectivity index (χ3v) is 3.32. The van der Waals surface area contributed by atoms with Crippen molar-refractivity contribution in [3.8, 4) is 0 Å². The van der Waals surface area contributed by atoms with Gasteiger partial charge in [-0.05, 0) is 42.5 Å². The molecule has 0 bridgehead atoms. The number of rotatable bonds is 2. The number of aliphatic hydroxyl groups excluding tert-OH is 1. The third-order valence-electron chi connectivity index (χ3n) is 2.49. The van der Waals surface area contributed by atoms with Crippen LogP contribution in [0.25, 0.3) is 16.6 Å². The first-order valence-electron chi connectivity index (χ1n) is 5.09. The van der Waals surface area contributed by atoms with Gasteiger partial charge in [-0.1, -0.05) is 0 Å². The van der Waals surface area contributed by atoms with E-state index in [1.807, 2.05) is 12.3 Å².